The number of carboxylic acid groups (broad SMARTS) is 1. The van der Waals surface area contributed by atoms with Gasteiger partial charge in [0.1, 0.15) is 65.2 Å². The highest BCUT2D eigenvalue weighted by Gasteiger charge is 2.48. The van der Waals surface area contributed by atoms with Gasteiger partial charge in [-0.1, -0.05) is 36.4 Å². The molecule has 0 spiro atoms. The molecule has 1 saturated heterocycles. The molecule has 0 aliphatic carbocycles. The van der Waals surface area contributed by atoms with E-state index < -0.39 is 138 Å². The highest BCUT2D eigenvalue weighted by atomic mass is 32.2. The summed E-state index contributed by atoms with van der Waals surface area (Å²) in [6.07, 6.45) is 1.94. The Kier molecular flexibility index (Phi) is 25.9. The van der Waals surface area contributed by atoms with Crippen LogP contribution in [0.5, 0.6) is 5.75 Å². The second-order valence-corrected chi connectivity index (χ2v) is 27.1. The number of nitrogens with zero attached hydrogens (tertiary/aromatic N) is 2. The maximum absolute atomic E-state index is 15.2. The highest BCUT2D eigenvalue weighted by Crippen LogP contribution is 2.31. The molecular weight excluding hydrogens is 1330 g/mol. The number of methoxy groups -OCH3 is 1. The fraction of sp³-hybridized carbons (Fsp3) is 0.406. The van der Waals surface area contributed by atoms with Gasteiger partial charge < -0.3 is 77.8 Å². The van der Waals surface area contributed by atoms with Gasteiger partial charge in [0, 0.05) is 121 Å². The summed E-state index contributed by atoms with van der Waals surface area (Å²) in [6.45, 7) is 3.40. The molecule has 9 atom stereocenters. The number of amides is 9. The standard InChI is InChI=1S/C69H82F2N14O13S2/c1-38-61(90)80-52(28-42-34-76-49-14-10-44(70)30-47(42)49)63(92)81-53(29-43-35-77-50-15-11-45(71)31-48(43)50)64(93)83-55(33-60(88)89)66(95)82-54(32-58-73-20-21-74-58)65(94)84-56(27-39-8-12-46(98-3)13-9-39)67(96)85-23-5-19-69(85,2)68(97)75-22-25-100-37-41-7-4-6-40(26-41)36-99-24-18-59(87)79-51(62(91)78-38)16-17-57(72)86/h4,6-15,20-21,26,30-31,34-35,38,51-56,62,76-78,91H,5,16-19,22-25,27-29,32-33,36-37H2,1-3H3,(H2,72,86)(H,73,74)(H,75,97)(H,79,87)(H,80,90)(H,81,92)(H,82,95)(H,83,93)(H,84,94)(H,88,89)/t38-,51+,52+,53+,54+,55+,56+,62?,69+/m1/s1. The van der Waals surface area contributed by atoms with Crippen LogP contribution >= 0.6 is 23.5 Å². The minimum atomic E-state index is -2.02. The van der Waals surface area contributed by atoms with E-state index in [-0.39, 0.29) is 74.8 Å². The number of H-pyrrole nitrogens is 3. The van der Waals surface area contributed by atoms with E-state index in [0.717, 1.165) is 11.1 Å². The maximum atomic E-state index is 15.2. The van der Waals surface area contributed by atoms with Gasteiger partial charge in [-0.2, -0.15) is 23.5 Å². The zero-order valence-electron chi connectivity index (χ0n) is 55.3. The number of aromatic amines is 3. The van der Waals surface area contributed by atoms with Crippen molar-refractivity contribution in [1.82, 2.24) is 67.4 Å². The van der Waals surface area contributed by atoms with Crippen molar-refractivity contribution in [3.05, 3.63) is 155 Å². The summed E-state index contributed by atoms with van der Waals surface area (Å²) >= 11 is 3.07. The number of aromatic nitrogens is 4. The molecule has 100 heavy (non-hydrogen) atoms. The largest absolute Gasteiger partial charge is 0.497 e. The summed E-state index contributed by atoms with van der Waals surface area (Å²) in [4.78, 5) is 157. The van der Waals surface area contributed by atoms with E-state index in [0.29, 0.717) is 62.7 Å². The number of carbonyl (C=O) groups excluding carboxylic acids is 9. The summed E-state index contributed by atoms with van der Waals surface area (Å²) in [7, 11) is 1.48. The molecule has 532 valence electrons. The lowest BCUT2D eigenvalue weighted by Crippen LogP contribution is -2.62. The van der Waals surface area contributed by atoms with Gasteiger partial charge in [0.25, 0.3) is 0 Å². The zero-order valence-corrected chi connectivity index (χ0v) is 56.9. The van der Waals surface area contributed by atoms with Crippen molar-refractivity contribution in [1.29, 1.82) is 0 Å². The topological polar surface area (TPSA) is 406 Å². The van der Waals surface area contributed by atoms with Gasteiger partial charge in [-0.25, -0.2) is 13.8 Å². The fourth-order valence-electron chi connectivity index (χ4n) is 12.1. The molecule has 1 unspecified atom stereocenters. The van der Waals surface area contributed by atoms with Crippen molar-refractivity contribution < 1.29 is 71.7 Å². The third-order valence-electron chi connectivity index (χ3n) is 17.6. The van der Waals surface area contributed by atoms with E-state index in [9.17, 15) is 47.8 Å². The van der Waals surface area contributed by atoms with E-state index in [1.54, 1.807) is 43.0 Å². The van der Waals surface area contributed by atoms with Gasteiger partial charge in [-0.3, -0.25) is 53.3 Å². The molecule has 2 aliphatic heterocycles. The summed E-state index contributed by atoms with van der Waals surface area (Å²) in [5, 5.41) is 44.2. The van der Waals surface area contributed by atoms with Crippen molar-refractivity contribution >= 4 is 104 Å². The first-order chi connectivity index (χ1) is 47.9. The number of aliphatic hydroxyl groups excluding tert-OH is 1. The number of primary amides is 1. The Hall–Kier alpha value is -9.85. The number of aliphatic hydroxyl groups is 1. The highest BCUT2D eigenvalue weighted by molar-refractivity contribution is 7.98. The second-order valence-electron chi connectivity index (χ2n) is 24.9. The Morgan fingerprint density at radius 3 is 1.85 bits per heavy atom. The molecule has 7 aromatic rings. The lowest BCUT2D eigenvalue weighted by Gasteiger charge is -2.36. The van der Waals surface area contributed by atoms with Crippen LogP contribution in [0.2, 0.25) is 0 Å². The lowest BCUT2D eigenvalue weighted by atomic mass is 9.95. The van der Waals surface area contributed by atoms with E-state index >= 15 is 19.2 Å². The zero-order chi connectivity index (χ0) is 71.6. The van der Waals surface area contributed by atoms with Crippen molar-refractivity contribution in [2.24, 2.45) is 5.73 Å². The molecule has 2 bridgehead atoms. The van der Waals surface area contributed by atoms with Crippen LogP contribution in [0, 0.1) is 11.6 Å². The first-order valence-corrected chi connectivity index (χ1v) is 34.9. The van der Waals surface area contributed by atoms with Crippen LogP contribution in [0.1, 0.15) is 86.0 Å². The van der Waals surface area contributed by atoms with Gasteiger partial charge in [-0.15, -0.1) is 0 Å². The second kappa shape index (κ2) is 34.8. The smallest absolute Gasteiger partial charge is 0.305 e. The SMILES string of the molecule is COc1ccc(C[C@@H]2NC(=O)[C@H](Cc3ncc[nH]3)NC(=O)[C@H](CC(=O)O)NC(=O)[C@H](Cc3c[nH]c4ccc(F)cc34)NC(=O)[C@H](Cc3c[nH]c4ccc(F)cc34)NC(=O)[C@@H](C)NC(O)[C@H](CCC(N)=O)NC(=O)CCSCc3cccc(c3)CSCCNC(=O)[C@]3(C)CCCN3C2=O)cc1. The third-order valence-corrected chi connectivity index (χ3v) is 19.6. The van der Waals surface area contributed by atoms with E-state index in [2.05, 4.69) is 62.5 Å². The molecule has 3 aromatic heterocycles. The molecule has 4 aromatic carbocycles. The number of imidazole rings is 1. The monoisotopic (exact) mass is 1420 g/mol. The van der Waals surface area contributed by atoms with Crippen LogP contribution in [-0.2, 0) is 85.1 Å². The van der Waals surface area contributed by atoms with E-state index in [4.69, 9.17) is 10.5 Å². The number of benzene rings is 4. The summed E-state index contributed by atoms with van der Waals surface area (Å²) < 4.78 is 35.3. The number of hydrogen-bond acceptors (Lipinski definition) is 16. The quantitative estimate of drug-likeness (QED) is 0.0744. The number of fused-ring (bicyclic) bond motifs is 5. The molecule has 9 amide bonds. The number of nitrogens with one attached hydrogen (secondary N) is 11. The fourth-order valence-corrected chi connectivity index (χ4v) is 13.8. The van der Waals surface area contributed by atoms with E-state index in [1.165, 1.54) is 91.9 Å². The summed E-state index contributed by atoms with van der Waals surface area (Å²) in [5.41, 5.74) is 8.14. The van der Waals surface area contributed by atoms with Crippen LogP contribution in [0.4, 0.5) is 8.78 Å². The van der Waals surface area contributed by atoms with Gasteiger partial charge in [0.2, 0.25) is 53.2 Å². The third kappa shape index (κ3) is 20.2. The normalized spacial score (nSPS) is 23.6. The number of rotatable bonds is 14. The lowest BCUT2D eigenvalue weighted by molar-refractivity contribution is -0.146. The first-order valence-electron chi connectivity index (χ1n) is 32.6. The van der Waals surface area contributed by atoms with Crippen LogP contribution in [-0.4, -0.2) is 180 Å². The van der Waals surface area contributed by atoms with Gasteiger partial charge in [0.05, 0.1) is 25.6 Å². The number of ether oxygens (including phenoxy) is 1. The molecule has 9 rings (SSSR count). The van der Waals surface area contributed by atoms with Gasteiger partial charge >= 0.3 is 5.97 Å². The summed E-state index contributed by atoms with van der Waals surface area (Å²) in [5.74, 6) is -7.76. The number of aliphatic carboxylic acids is 1. The van der Waals surface area contributed by atoms with Gasteiger partial charge in [0.15, 0.2) is 0 Å². The van der Waals surface area contributed by atoms with Crippen molar-refractivity contribution in [3.8, 4) is 5.75 Å². The van der Waals surface area contributed by atoms with Crippen molar-refractivity contribution in [2.75, 3.05) is 31.7 Å². The Labute approximate surface area is 582 Å². The Balaban J connectivity index is 1.06. The molecule has 2 aliphatic rings. The van der Waals surface area contributed by atoms with Crippen LogP contribution in [0.25, 0.3) is 21.8 Å². The predicted octanol–water partition coefficient (Wildman–Crippen LogP) is 2.94. The Bertz CT molecular complexity index is 4080. The molecular formula is C69H82F2N14O13S2. The van der Waals surface area contributed by atoms with Gasteiger partial charge in [-0.05, 0) is 109 Å². The van der Waals surface area contributed by atoms with E-state index in [1.807, 2.05) is 24.3 Å². The van der Waals surface area contributed by atoms with Crippen LogP contribution < -0.4 is 53.0 Å². The first kappa shape index (κ1) is 74.4. The Morgan fingerprint density at radius 2 is 1.27 bits per heavy atom. The molecule has 1 fully saturated rings. The molecule has 27 nitrogen and oxygen atoms in total. The predicted molar refractivity (Wildman–Crippen MR) is 370 cm³/mol. The molecule has 0 radical (unpaired) electrons. The maximum Gasteiger partial charge on any atom is 0.305 e. The Morgan fingerprint density at radius 1 is 0.700 bits per heavy atom. The number of thioether (sulfide) groups is 2. The average Bonchev–Trinajstić information content (AvgIpc) is 1.62. The number of carbonyl (C=O) groups is 10. The number of carboxylic acids is 1. The minimum Gasteiger partial charge on any atom is -0.497 e. The van der Waals surface area contributed by atoms with Crippen LogP contribution in [0.15, 0.2) is 110 Å². The number of hydrogen-bond donors (Lipinski definition) is 14. The molecule has 15 N–H and O–H groups in total. The minimum absolute atomic E-state index is 0.00130. The number of nitrogens with two attached hydrogens (primary N) is 1. The summed E-state index contributed by atoms with van der Waals surface area (Å²) in [6, 6.07) is 11.3. The number of halogens is 2. The average molecular weight is 1420 g/mol. The molecule has 0 saturated carbocycles. The van der Waals surface area contributed by atoms with Crippen LogP contribution in [0.3, 0.4) is 0 Å². The molecule has 31 heteroatoms. The molecule has 5 heterocycles. The van der Waals surface area contributed by atoms with Crippen molar-refractivity contribution in [3.63, 3.8) is 0 Å². The van der Waals surface area contributed by atoms with Crippen molar-refractivity contribution in [2.45, 2.75) is 144 Å².